The zero-order valence-corrected chi connectivity index (χ0v) is 15.4. The highest BCUT2D eigenvalue weighted by Gasteiger charge is 2.21. The first-order valence-corrected chi connectivity index (χ1v) is 9.41. The van der Waals surface area contributed by atoms with Crippen LogP contribution in [0, 0.1) is 17.6 Å². The fraction of sp³-hybridized carbons (Fsp3) is 0.273. The van der Waals surface area contributed by atoms with Gasteiger partial charge in [-0.3, -0.25) is 0 Å². The molecule has 1 aliphatic rings. The minimum atomic E-state index is -0.952. The number of hydrogen-bond donors (Lipinski definition) is 0. The van der Waals surface area contributed by atoms with Gasteiger partial charge >= 0.3 is 0 Å². The molecule has 1 fully saturated rings. The molecule has 2 aromatic carbocycles. The quantitative estimate of drug-likeness (QED) is 0.623. The van der Waals surface area contributed by atoms with Gasteiger partial charge in [0.05, 0.1) is 0 Å². The number of anilines is 1. The summed E-state index contributed by atoms with van der Waals surface area (Å²) in [5, 5.41) is 0. The summed E-state index contributed by atoms with van der Waals surface area (Å²) in [6.45, 7) is 1.83. The lowest BCUT2D eigenvalue weighted by Crippen LogP contribution is -2.34. The lowest BCUT2D eigenvalue weighted by molar-refractivity contribution is 0.401. The van der Waals surface area contributed by atoms with Gasteiger partial charge < -0.3 is 9.64 Å². The van der Waals surface area contributed by atoms with Gasteiger partial charge in [-0.15, -0.1) is 0 Å². The van der Waals surface area contributed by atoms with Crippen molar-refractivity contribution < 1.29 is 13.5 Å². The number of hydrogen-bond acceptors (Lipinski definition) is 4. The monoisotopic (exact) mass is 381 g/mol. The molecule has 0 spiro atoms. The second kappa shape index (κ2) is 8.33. The Labute approximate surface area is 162 Å². The van der Waals surface area contributed by atoms with E-state index in [1.54, 1.807) is 6.07 Å². The molecule has 28 heavy (non-hydrogen) atoms. The van der Waals surface area contributed by atoms with Crippen LogP contribution in [0.1, 0.15) is 18.4 Å². The highest BCUT2D eigenvalue weighted by atomic mass is 19.2. The molecule has 0 saturated carbocycles. The predicted octanol–water partition coefficient (Wildman–Crippen LogP) is 5.01. The molecule has 6 heteroatoms. The molecule has 4 nitrogen and oxygen atoms in total. The molecule has 0 unspecified atom stereocenters. The van der Waals surface area contributed by atoms with Crippen LogP contribution in [0.5, 0.6) is 11.6 Å². The standard InChI is InChI=1S/C22H21F2N3O/c23-19-7-6-18(13-20(19)24)28-22-14-21(25-15-26-22)27-10-8-17(9-11-27)12-16-4-2-1-3-5-16/h1-7,13-15,17H,8-12H2. The van der Waals surface area contributed by atoms with Crippen molar-refractivity contribution in [3.8, 4) is 11.6 Å². The molecule has 0 bridgehead atoms. The van der Waals surface area contributed by atoms with Crippen molar-refractivity contribution in [1.82, 2.24) is 9.97 Å². The Bertz CT molecular complexity index is 928. The summed E-state index contributed by atoms with van der Waals surface area (Å²) >= 11 is 0. The molecule has 1 saturated heterocycles. The third-order valence-corrected chi connectivity index (χ3v) is 5.05. The molecule has 1 aliphatic heterocycles. The maximum atomic E-state index is 13.3. The van der Waals surface area contributed by atoms with Crippen LogP contribution < -0.4 is 9.64 Å². The fourth-order valence-corrected chi connectivity index (χ4v) is 3.53. The van der Waals surface area contributed by atoms with Gasteiger partial charge in [-0.1, -0.05) is 30.3 Å². The molecule has 2 heterocycles. The van der Waals surface area contributed by atoms with Gasteiger partial charge in [0.25, 0.3) is 0 Å². The fourth-order valence-electron chi connectivity index (χ4n) is 3.53. The topological polar surface area (TPSA) is 38.2 Å². The number of ether oxygens (including phenoxy) is 1. The minimum Gasteiger partial charge on any atom is -0.439 e. The average molecular weight is 381 g/mol. The van der Waals surface area contributed by atoms with Gasteiger partial charge in [0.15, 0.2) is 11.6 Å². The molecule has 1 aromatic heterocycles. The molecule has 0 amide bonds. The van der Waals surface area contributed by atoms with Gasteiger partial charge in [-0.2, -0.15) is 0 Å². The van der Waals surface area contributed by atoms with E-state index in [1.807, 2.05) is 6.07 Å². The smallest absolute Gasteiger partial charge is 0.224 e. The summed E-state index contributed by atoms with van der Waals surface area (Å²) in [5.41, 5.74) is 1.38. The van der Waals surface area contributed by atoms with E-state index in [0.717, 1.165) is 50.3 Å². The van der Waals surface area contributed by atoms with Crippen molar-refractivity contribution in [2.24, 2.45) is 5.92 Å². The largest absolute Gasteiger partial charge is 0.439 e. The van der Waals surface area contributed by atoms with Crippen LogP contribution in [-0.2, 0) is 6.42 Å². The van der Waals surface area contributed by atoms with Crippen LogP contribution in [0.4, 0.5) is 14.6 Å². The maximum absolute atomic E-state index is 13.3. The Morgan fingerprint density at radius 2 is 1.71 bits per heavy atom. The molecule has 3 aromatic rings. The summed E-state index contributed by atoms with van der Waals surface area (Å²) in [4.78, 5) is 10.6. The van der Waals surface area contributed by atoms with Crippen LogP contribution in [0.15, 0.2) is 60.9 Å². The number of aromatic nitrogens is 2. The van der Waals surface area contributed by atoms with Crippen LogP contribution in [-0.4, -0.2) is 23.1 Å². The highest BCUT2D eigenvalue weighted by Crippen LogP contribution is 2.27. The second-order valence-electron chi connectivity index (χ2n) is 7.01. The zero-order chi connectivity index (χ0) is 19.3. The molecular weight excluding hydrogens is 360 g/mol. The van der Waals surface area contributed by atoms with Gasteiger partial charge in [-0.25, -0.2) is 18.7 Å². The SMILES string of the molecule is Fc1ccc(Oc2cc(N3CCC(Cc4ccccc4)CC3)ncn2)cc1F. The van der Waals surface area contributed by atoms with Crippen LogP contribution in [0.2, 0.25) is 0 Å². The average Bonchev–Trinajstić information content (AvgIpc) is 2.72. The Kier molecular flexibility index (Phi) is 5.46. The van der Waals surface area contributed by atoms with Crippen molar-refractivity contribution in [3.05, 3.63) is 78.1 Å². The highest BCUT2D eigenvalue weighted by molar-refractivity contribution is 5.42. The molecular formula is C22H21F2N3O. The first kappa shape index (κ1) is 18.3. The molecule has 144 valence electrons. The minimum absolute atomic E-state index is 0.199. The second-order valence-corrected chi connectivity index (χ2v) is 7.01. The number of halogens is 2. The Hall–Kier alpha value is -3.02. The lowest BCUT2D eigenvalue weighted by Gasteiger charge is -2.32. The summed E-state index contributed by atoms with van der Waals surface area (Å²) in [6, 6.07) is 15.7. The number of nitrogens with zero attached hydrogens (tertiary/aromatic N) is 3. The van der Waals surface area contributed by atoms with Crippen LogP contribution in [0.3, 0.4) is 0 Å². The van der Waals surface area contributed by atoms with Crippen molar-refractivity contribution in [3.63, 3.8) is 0 Å². The molecule has 0 N–H and O–H groups in total. The van der Waals surface area contributed by atoms with Crippen LogP contribution in [0.25, 0.3) is 0 Å². The van der Waals surface area contributed by atoms with Crippen molar-refractivity contribution in [1.29, 1.82) is 0 Å². The third kappa shape index (κ3) is 4.44. The summed E-state index contributed by atoms with van der Waals surface area (Å²) < 4.78 is 32.0. The molecule has 4 rings (SSSR count). The third-order valence-electron chi connectivity index (χ3n) is 5.05. The number of benzene rings is 2. The summed E-state index contributed by atoms with van der Waals surface area (Å²) in [7, 11) is 0. The maximum Gasteiger partial charge on any atom is 0.224 e. The molecule has 0 atom stereocenters. The van der Waals surface area contributed by atoms with E-state index in [4.69, 9.17) is 4.74 Å². The Morgan fingerprint density at radius 1 is 0.929 bits per heavy atom. The molecule has 0 radical (unpaired) electrons. The molecule has 0 aliphatic carbocycles. The first-order valence-electron chi connectivity index (χ1n) is 9.41. The summed E-state index contributed by atoms with van der Waals surface area (Å²) in [6.07, 6.45) is 4.72. The Balaban J connectivity index is 1.37. The van der Waals surface area contributed by atoms with Gasteiger partial charge in [0.2, 0.25) is 5.88 Å². The van der Waals surface area contributed by atoms with Crippen molar-refractivity contribution >= 4 is 5.82 Å². The van der Waals surface area contributed by atoms with E-state index in [2.05, 4.69) is 39.1 Å². The van der Waals surface area contributed by atoms with Crippen molar-refractivity contribution in [2.45, 2.75) is 19.3 Å². The summed E-state index contributed by atoms with van der Waals surface area (Å²) in [5.74, 6) is 0.0954. The van der Waals surface area contributed by atoms with Gasteiger partial charge in [0, 0.05) is 25.2 Å². The zero-order valence-electron chi connectivity index (χ0n) is 15.4. The van der Waals surface area contributed by atoms with E-state index in [-0.39, 0.29) is 5.75 Å². The van der Waals surface area contributed by atoms with E-state index < -0.39 is 11.6 Å². The normalized spacial score (nSPS) is 14.9. The van der Waals surface area contributed by atoms with E-state index in [9.17, 15) is 8.78 Å². The Morgan fingerprint density at radius 3 is 2.46 bits per heavy atom. The van der Waals surface area contributed by atoms with E-state index >= 15 is 0 Å². The predicted molar refractivity (Wildman–Crippen MR) is 104 cm³/mol. The van der Waals surface area contributed by atoms with E-state index in [0.29, 0.717) is 11.8 Å². The van der Waals surface area contributed by atoms with E-state index in [1.165, 1.54) is 18.0 Å². The first-order chi connectivity index (χ1) is 13.7. The number of piperidine rings is 1. The van der Waals surface area contributed by atoms with Crippen LogP contribution >= 0.6 is 0 Å². The lowest BCUT2D eigenvalue weighted by atomic mass is 9.90. The van der Waals surface area contributed by atoms with Gasteiger partial charge in [0.1, 0.15) is 17.9 Å². The number of rotatable bonds is 5. The van der Waals surface area contributed by atoms with Gasteiger partial charge in [-0.05, 0) is 42.9 Å². The van der Waals surface area contributed by atoms with Crippen molar-refractivity contribution in [2.75, 3.05) is 18.0 Å².